The van der Waals surface area contributed by atoms with Crippen molar-refractivity contribution in [3.63, 3.8) is 0 Å². The van der Waals surface area contributed by atoms with Crippen LogP contribution in [-0.4, -0.2) is 54.8 Å². The Morgan fingerprint density at radius 1 is 1.38 bits per heavy atom. The highest BCUT2D eigenvalue weighted by Gasteiger charge is 2.36. The Morgan fingerprint density at radius 2 is 2.14 bits per heavy atom. The largest absolute Gasteiger partial charge is 0.353 e. The van der Waals surface area contributed by atoms with E-state index in [1.54, 1.807) is 4.90 Å². The van der Waals surface area contributed by atoms with Gasteiger partial charge in [-0.15, -0.1) is 0 Å². The molecule has 1 aromatic rings. The van der Waals surface area contributed by atoms with Gasteiger partial charge in [-0.25, -0.2) is 0 Å². The molecule has 156 valence electrons. The molecule has 3 rings (SSSR count). The van der Waals surface area contributed by atoms with Crippen molar-refractivity contribution >= 4 is 29.3 Å². The number of nitrogens with two attached hydrogens (primary N) is 1. The van der Waals surface area contributed by atoms with E-state index in [9.17, 15) is 9.59 Å². The first kappa shape index (κ1) is 21.3. The molecule has 0 aromatic heterocycles. The van der Waals surface area contributed by atoms with E-state index in [2.05, 4.69) is 16.7 Å². The summed E-state index contributed by atoms with van der Waals surface area (Å²) in [6.45, 7) is 1.79. The first-order valence-corrected chi connectivity index (χ1v) is 10.3. The minimum Gasteiger partial charge on any atom is -0.353 e. The van der Waals surface area contributed by atoms with Crippen LogP contribution in [0.15, 0.2) is 36.4 Å². The molecule has 2 amide bonds. The van der Waals surface area contributed by atoms with Crippen LogP contribution in [0.4, 0.5) is 0 Å². The summed E-state index contributed by atoms with van der Waals surface area (Å²) in [5, 5.41) is 14.5. The van der Waals surface area contributed by atoms with Gasteiger partial charge in [0.05, 0.1) is 6.54 Å². The molecule has 7 nitrogen and oxygen atoms in total. The Kier molecular flexibility index (Phi) is 6.92. The molecule has 1 saturated heterocycles. The molecule has 0 bridgehead atoms. The third-order valence-electron chi connectivity index (χ3n) is 5.89. The average molecular weight is 418 g/mol. The number of carbonyl (C=O) groups is 2. The number of piperazine rings is 1. The van der Waals surface area contributed by atoms with E-state index >= 15 is 0 Å². The highest BCUT2D eigenvalue weighted by Crippen LogP contribution is 2.39. The molecule has 5 N–H and O–H groups in total. The van der Waals surface area contributed by atoms with Crippen LogP contribution in [0.3, 0.4) is 0 Å². The fourth-order valence-corrected chi connectivity index (χ4v) is 4.29. The van der Waals surface area contributed by atoms with Crippen molar-refractivity contribution in [2.75, 3.05) is 26.2 Å². The third-order valence-corrected chi connectivity index (χ3v) is 6.12. The highest BCUT2D eigenvalue weighted by atomic mass is 35.5. The summed E-state index contributed by atoms with van der Waals surface area (Å²) >= 11 is 6.16. The standard InChI is InChI=1S/C21H28ClN5O2/c22-16-3-1-2-15(12-16)21(14-23)8-6-17(7-9-21)26-19(28)5-4-18(24)27-11-10-25-20(29)13-27/h1-5,12,17,24H,6-11,13-14,23H2,(H,25,29)(H,26,28)/b5-4-,24-18?. The number of hydrogen-bond acceptors (Lipinski definition) is 4. The predicted molar refractivity (Wildman–Crippen MR) is 114 cm³/mol. The zero-order valence-electron chi connectivity index (χ0n) is 16.4. The molecule has 1 aliphatic carbocycles. The van der Waals surface area contributed by atoms with Crippen LogP contribution in [-0.2, 0) is 15.0 Å². The van der Waals surface area contributed by atoms with Gasteiger partial charge in [-0.2, -0.15) is 0 Å². The Hall–Kier alpha value is -2.38. The van der Waals surface area contributed by atoms with E-state index in [0.717, 1.165) is 31.2 Å². The summed E-state index contributed by atoms with van der Waals surface area (Å²) in [6.07, 6.45) is 6.28. The van der Waals surface area contributed by atoms with E-state index < -0.39 is 0 Å². The lowest BCUT2D eigenvalue weighted by molar-refractivity contribution is -0.122. The van der Waals surface area contributed by atoms with Crippen molar-refractivity contribution in [1.29, 1.82) is 5.41 Å². The molecule has 2 fully saturated rings. The van der Waals surface area contributed by atoms with Crippen LogP contribution in [0.1, 0.15) is 31.2 Å². The summed E-state index contributed by atoms with van der Waals surface area (Å²) in [5.41, 5.74) is 7.20. The molecule has 1 heterocycles. The molecule has 0 unspecified atom stereocenters. The van der Waals surface area contributed by atoms with E-state index in [1.165, 1.54) is 12.2 Å². The maximum absolute atomic E-state index is 12.3. The molecule has 0 radical (unpaired) electrons. The van der Waals surface area contributed by atoms with Gasteiger partial charge in [-0.3, -0.25) is 15.0 Å². The number of nitrogens with zero attached hydrogens (tertiary/aromatic N) is 1. The quantitative estimate of drug-likeness (QED) is 0.331. The minimum atomic E-state index is -0.218. The topological polar surface area (TPSA) is 111 Å². The third kappa shape index (κ3) is 5.36. The van der Waals surface area contributed by atoms with Crippen molar-refractivity contribution < 1.29 is 9.59 Å². The number of amides is 2. The van der Waals surface area contributed by atoms with Crippen LogP contribution in [0, 0.1) is 5.41 Å². The van der Waals surface area contributed by atoms with Crippen molar-refractivity contribution in [3.8, 4) is 0 Å². The van der Waals surface area contributed by atoms with Gasteiger partial charge < -0.3 is 21.3 Å². The van der Waals surface area contributed by atoms with Gasteiger partial charge in [0, 0.05) is 42.2 Å². The molecule has 0 atom stereocenters. The summed E-state index contributed by atoms with van der Waals surface area (Å²) < 4.78 is 0. The van der Waals surface area contributed by atoms with Gasteiger partial charge in [0.25, 0.3) is 0 Å². The number of halogens is 1. The molecule has 8 heteroatoms. The SMILES string of the molecule is N=C(/C=C\C(=O)NC1CCC(CN)(c2cccc(Cl)c2)CC1)N1CCNC(=O)C1. The molecular formula is C21H28ClN5O2. The Morgan fingerprint density at radius 3 is 2.79 bits per heavy atom. The van der Waals surface area contributed by atoms with Gasteiger partial charge >= 0.3 is 0 Å². The highest BCUT2D eigenvalue weighted by molar-refractivity contribution is 6.30. The van der Waals surface area contributed by atoms with Crippen LogP contribution in [0.25, 0.3) is 0 Å². The van der Waals surface area contributed by atoms with Crippen molar-refractivity contribution in [2.24, 2.45) is 5.73 Å². The monoisotopic (exact) mass is 417 g/mol. The first-order chi connectivity index (χ1) is 13.9. The van der Waals surface area contributed by atoms with Crippen LogP contribution in [0.5, 0.6) is 0 Å². The molecule has 1 aliphatic heterocycles. The summed E-state index contributed by atoms with van der Waals surface area (Å²) in [4.78, 5) is 25.3. The summed E-state index contributed by atoms with van der Waals surface area (Å²) in [6, 6.07) is 7.96. The van der Waals surface area contributed by atoms with Crippen molar-refractivity contribution in [3.05, 3.63) is 47.0 Å². The van der Waals surface area contributed by atoms with E-state index in [4.69, 9.17) is 22.7 Å². The average Bonchev–Trinajstić information content (AvgIpc) is 2.73. The smallest absolute Gasteiger partial charge is 0.244 e. The second kappa shape index (κ2) is 9.41. The van der Waals surface area contributed by atoms with E-state index in [1.807, 2.05) is 18.2 Å². The van der Waals surface area contributed by atoms with Gasteiger partial charge in [0.15, 0.2) is 0 Å². The number of amidine groups is 1. The van der Waals surface area contributed by atoms with Crippen LogP contribution >= 0.6 is 11.6 Å². The second-order valence-electron chi connectivity index (χ2n) is 7.77. The van der Waals surface area contributed by atoms with Gasteiger partial charge in [0.1, 0.15) is 5.84 Å². The fourth-order valence-electron chi connectivity index (χ4n) is 4.10. The predicted octanol–water partition coefficient (Wildman–Crippen LogP) is 1.56. The molecular weight excluding hydrogens is 390 g/mol. The fraction of sp³-hybridized carbons (Fsp3) is 0.476. The zero-order chi connectivity index (χ0) is 20.9. The lowest BCUT2D eigenvalue weighted by Crippen LogP contribution is -2.49. The number of carbonyl (C=O) groups excluding carboxylic acids is 2. The number of nitrogens with one attached hydrogen (secondary N) is 3. The van der Waals surface area contributed by atoms with E-state index in [-0.39, 0.29) is 35.7 Å². The second-order valence-corrected chi connectivity index (χ2v) is 8.20. The van der Waals surface area contributed by atoms with Crippen LogP contribution < -0.4 is 16.4 Å². The molecule has 29 heavy (non-hydrogen) atoms. The Balaban J connectivity index is 1.51. The molecule has 1 aromatic carbocycles. The normalized spacial score (nSPS) is 25.0. The minimum absolute atomic E-state index is 0.0842. The maximum atomic E-state index is 12.3. The lowest BCUT2D eigenvalue weighted by Gasteiger charge is -2.40. The maximum Gasteiger partial charge on any atom is 0.244 e. The molecule has 2 aliphatic rings. The van der Waals surface area contributed by atoms with E-state index in [0.29, 0.717) is 24.7 Å². The first-order valence-electron chi connectivity index (χ1n) is 9.97. The summed E-state index contributed by atoms with van der Waals surface area (Å²) in [7, 11) is 0. The van der Waals surface area contributed by atoms with Gasteiger partial charge in [0.2, 0.25) is 11.8 Å². The van der Waals surface area contributed by atoms with Crippen molar-refractivity contribution in [1.82, 2.24) is 15.5 Å². The zero-order valence-corrected chi connectivity index (χ0v) is 17.2. The van der Waals surface area contributed by atoms with Gasteiger partial charge in [-0.05, 0) is 49.5 Å². The summed E-state index contributed by atoms with van der Waals surface area (Å²) in [5.74, 6) is -0.157. The van der Waals surface area contributed by atoms with Crippen molar-refractivity contribution in [2.45, 2.75) is 37.1 Å². The number of hydrogen-bond donors (Lipinski definition) is 4. The Labute approximate surface area is 176 Å². The number of rotatable bonds is 5. The van der Waals surface area contributed by atoms with Gasteiger partial charge in [-0.1, -0.05) is 23.7 Å². The lowest BCUT2D eigenvalue weighted by atomic mass is 9.68. The van der Waals surface area contributed by atoms with Crippen LogP contribution in [0.2, 0.25) is 5.02 Å². The molecule has 1 saturated carbocycles. The number of benzene rings is 1. The Bertz CT molecular complexity index is 802. The molecule has 0 spiro atoms.